The van der Waals surface area contributed by atoms with Crippen LogP contribution in [0, 0.1) is 0 Å². The number of aromatic nitrogens is 2. The van der Waals surface area contributed by atoms with Gasteiger partial charge in [-0.3, -0.25) is 0 Å². The van der Waals surface area contributed by atoms with Crippen LogP contribution in [-0.2, 0) is 27.1 Å². The normalized spacial score (nSPS) is 13.6. The maximum Gasteiger partial charge on any atom is 0.285 e. The molecule has 0 fully saturated rings. The van der Waals surface area contributed by atoms with Crippen LogP contribution in [-0.4, -0.2) is 26.6 Å². The van der Waals surface area contributed by atoms with Gasteiger partial charge in [-0.2, -0.15) is 8.42 Å². The first-order chi connectivity index (χ1) is 9.59. The van der Waals surface area contributed by atoms with Crippen molar-refractivity contribution in [1.29, 1.82) is 0 Å². The minimum atomic E-state index is -4.00. The average molecular weight is 413 g/mol. The van der Waals surface area contributed by atoms with Gasteiger partial charge in [0.1, 0.15) is 0 Å². The van der Waals surface area contributed by atoms with E-state index in [-0.39, 0.29) is 9.70 Å². The molecule has 0 saturated heterocycles. The van der Waals surface area contributed by atoms with E-state index < -0.39 is 24.4 Å². The Morgan fingerprint density at radius 2 is 1.81 bits per heavy atom. The minimum Gasteiger partial charge on any atom is -0.239 e. The molecule has 0 bridgehead atoms. The molecule has 0 aliphatic heterocycles. The molecule has 0 atom stereocenters. The third-order valence-electron chi connectivity index (χ3n) is 2.24. The first-order valence-electron chi connectivity index (χ1n) is 5.23. The molecule has 0 amide bonds. The van der Waals surface area contributed by atoms with Crippen molar-refractivity contribution in [3.05, 3.63) is 33.5 Å². The van der Waals surface area contributed by atoms with E-state index in [4.69, 9.17) is 5.14 Å². The van der Waals surface area contributed by atoms with Gasteiger partial charge < -0.3 is 0 Å². The molecule has 2 rings (SSSR count). The van der Waals surface area contributed by atoms with Crippen molar-refractivity contribution in [2.45, 2.75) is 9.24 Å². The van der Waals surface area contributed by atoms with Gasteiger partial charge >= 0.3 is 0 Å². The lowest BCUT2D eigenvalue weighted by Crippen LogP contribution is -2.15. The summed E-state index contributed by atoms with van der Waals surface area (Å²) in [5.41, 5.74) is 0. The van der Waals surface area contributed by atoms with E-state index in [1.54, 1.807) is 12.1 Å². The Labute approximate surface area is 133 Å². The predicted molar refractivity (Wildman–Crippen MR) is 79.3 cm³/mol. The Bertz CT molecular complexity index is 942. The standard InChI is InChI=1S/C9H9BrN4O4S3/c1-14-8(19-9(12-14)20(11,15)16)13-21(17,18)7-4-2-6(10)3-5-7/h2-5H,1H3,(H2,11,15,16)/b13-8+. The summed E-state index contributed by atoms with van der Waals surface area (Å²) >= 11 is 3.77. The topological polar surface area (TPSA) is 124 Å². The Morgan fingerprint density at radius 1 is 1.24 bits per heavy atom. The number of hydrogen-bond donors (Lipinski definition) is 1. The highest BCUT2D eigenvalue weighted by Crippen LogP contribution is 2.16. The quantitative estimate of drug-likeness (QED) is 0.769. The Kier molecular flexibility index (Phi) is 4.35. The third kappa shape index (κ3) is 3.77. The van der Waals surface area contributed by atoms with Crippen LogP contribution in [0.4, 0.5) is 0 Å². The van der Waals surface area contributed by atoms with Crippen molar-refractivity contribution in [2.24, 2.45) is 16.6 Å². The highest BCUT2D eigenvalue weighted by molar-refractivity contribution is 9.10. The molecule has 0 spiro atoms. The van der Waals surface area contributed by atoms with Crippen molar-refractivity contribution in [3.63, 3.8) is 0 Å². The van der Waals surface area contributed by atoms with E-state index in [0.717, 1.165) is 9.15 Å². The molecule has 1 heterocycles. The van der Waals surface area contributed by atoms with Crippen LogP contribution in [0.1, 0.15) is 0 Å². The van der Waals surface area contributed by atoms with E-state index in [1.807, 2.05) is 0 Å². The second-order valence-electron chi connectivity index (χ2n) is 3.84. The lowest BCUT2D eigenvalue weighted by Gasteiger charge is -1.97. The fraction of sp³-hybridized carbons (Fsp3) is 0.111. The summed E-state index contributed by atoms with van der Waals surface area (Å²) in [5, 5.41) is 8.57. The number of rotatable bonds is 3. The molecule has 12 heteroatoms. The van der Waals surface area contributed by atoms with Crippen molar-refractivity contribution in [2.75, 3.05) is 0 Å². The van der Waals surface area contributed by atoms with Crippen LogP contribution in [0.3, 0.4) is 0 Å². The molecular formula is C9H9BrN4O4S3. The fourth-order valence-electron chi connectivity index (χ4n) is 1.28. The molecule has 2 aromatic rings. The highest BCUT2D eigenvalue weighted by atomic mass is 79.9. The van der Waals surface area contributed by atoms with E-state index >= 15 is 0 Å². The predicted octanol–water partition coefficient (Wildman–Crippen LogP) is 0.181. The molecule has 0 unspecified atom stereocenters. The van der Waals surface area contributed by atoms with E-state index in [0.29, 0.717) is 11.3 Å². The molecule has 21 heavy (non-hydrogen) atoms. The van der Waals surface area contributed by atoms with Crippen molar-refractivity contribution >= 4 is 47.3 Å². The lowest BCUT2D eigenvalue weighted by atomic mass is 10.4. The number of benzene rings is 1. The van der Waals surface area contributed by atoms with Gasteiger partial charge in [-0.05, 0) is 24.3 Å². The molecule has 2 N–H and O–H groups in total. The van der Waals surface area contributed by atoms with Crippen molar-refractivity contribution in [3.8, 4) is 0 Å². The van der Waals surface area contributed by atoms with Gasteiger partial charge in [-0.25, -0.2) is 18.2 Å². The van der Waals surface area contributed by atoms with Crippen molar-refractivity contribution < 1.29 is 16.8 Å². The van der Waals surface area contributed by atoms with Gasteiger partial charge in [0.2, 0.25) is 9.14 Å². The number of aryl methyl sites for hydroxylation is 1. The Balaban J connectivity index is 2.58. The van der Waals surface area contributed by atoms with Crippen LogP contribution < -0.4 is 9.94 Å². The van der Waals surface area contributed by atoms with E-state index in [9.17, 15) is 16.8 Å². The average Bonchev–Trinajstić information content (AvgIpc) is 2.71. The first-order valence-corrected chi connectivity index (χ1v) is 9.83. The minimum absolute atomic E-state index is 0.0174. The van der Waals surface area contributed by atoms with Gasteiger partial charge in [0.15, 0.2) is 0 Å². The maximum absolute atomic E-state index is 12.1. The van der Waals surface area contributed by atoms with Gasteiger partial charge in [-0.1, -0.05) is 27.3 Å². The van der Waals surface area contributed by atoms with Crippen LogP contribution in [0.2, 0.25) is 0 Å². The van der Waals surface area contributed by atoms with Crippen LogP contribution >= 0.6 is 27.3 Å². The first kappa shape index (κ1) is 16.3. The fourth-order valence-corrected chi connectivity index (χ4v) is 4.32. The summed E-state index contributed by atoms with van der Waals surface area (Å²) in [4.78, 5) is -0.113. The molecule has 0 radical (unpaired) electrons. The number of nitrogens with zero attached hydrogens (tertiary/aromatic N) is 3. The van der Waals surface area contributed by atoms with Crippen LogP contribution in [0.25, 0.3) is 0 Å². The summed E-state index contributed by atoms with van der Waals surface area (Å²) in [6.07, 6.45) is 0. The smallest absolute Gasteiger partial charge is 0.239 e. The Hall–Kier alpha value is -1.08. The SMILES string of the molecule is Cn1nc(S(N)(=O)=O)s/c1=N/S(=O)(=O)c1ccc(Br)cc1. The lowest BCUT2D eigenvalue weighted by molar-refractivity contribution is 0.589. The molecule has 0 aliphatic carbocycles. The van der Waals surface area contributed by atoms with Gasteiger partial charge in [-0.15, -0.1) is 9.50 Å². The molecule has 1 aromatic carbocycles. The molecule has 0 aliphatic rings. The summed E-state index contributed by atoms with van der Waals surface area (Å²) < 4.78 is 51.6. The zero-order chi connectivity index (χ0) is 15.8. The molecule has 114 valence electrons. The second-order valence-corrected chi connectivity index (χ2v) is 9.05. The van der Waals surface area contributed by atoms with Crippen LogP contribution in [0.15, 0.2) is 42.4 Å². The molecule has 8 nitrogen and oxygen atoms in total. The number of halogens is 1. The zero-order valence-electron chi connectivity index (χ0n) is 10.5. The highest BCUT2D eigenvalue weighted by Gasteiger charge is 2.17. The third-order valence-corrected chi connectivity index (χ3v) is 6.48. The molecular weight excluding hydrogens is 404 g/mol. The number of sulfonamides is 2. The summed E-state index contributed by atoms with van der Waals surface area (Å²) in [6.45, 7) is 0. The van der Waals surface area contributed by atoms with Gasteiger partial charge in [0, 0.05) is 11.5 Å². The summed E-state index contributed by atoms with van der Waals surface area (Å²) in [6, 6.07) is 5.88. The van der Waals surface area contributed by atoms with Gasteiger partial charge in [0.25, 0.3) is 20.0 Å². The van der Waals surface area contributed by atoms with Crippen LogP contribution in [0.5, 0.6) is 0 Å². The maximum atomic E-state index is 12.1. The zero-order valence-corrected chi connectivity index (χ0v) is 14.5. The largest absolute Gasteiger partial charge is 0.285 e. The summed E-state index contributed by atoms with van der Waals surface area (Å²) in [5.74, 6) is 0. The van der Waals surface area contributed by atoms with E-state index in [2.05, 4.69) is 25.4 Å². The number of hydrogen-bond acceptors (Lipinski definition) is 6. The van der Waals surface area contributed by atoms with Crippen molar-refractivity contribution in [1.82, 2.24) is 9.78 Å². The van der Waals surface area contributed by atoms with E-state index in [1.165, 1.54) is 19.2 Å². The van der Waals surface area contributed by atoms with Gasteiger partial charge in [0.05, 0.1) is 4.90 Å². The second kappa shape index (κ2) is 5.61. The Morgan fingerprint density at radius 3 is 2.29 bits per heavy atom. The number of nitrogens with two attached hydrogens (primary N) is 1. The monoisotopic (exact) mass is 412 g/mol. The molecule has 0 saturated carbocycles. The summed E-state index contributed by atoms with van der Waals surface area (Å²) in [7, 11) is -6.60. The number of primary sulfonamides is 1. The molecule has 1 aromatic heterocycles.